The van der Waals surface area contributed by atoms with Crippen molar-refractivity contribution in [3.05, 3.63) is 71.6 Å². The molecule has 0 radical (unpaired) electrons. The molecule has 0 atom stereocenters. The van der Waals surface area contributed by atoms with Crippen LogP contribution in [-0.4, -0.2) is 45.2 Å². The van der Waals surface area contributed by atoms with Crippen molar-refractivity contribution in [2.45, 2.75) is 13.8 Å². The summed E-state index contributed by atoms with van der Waals surface area (Å²) in [4.78, 5) is 14.3. The molecule has 2 aliphatic heterocycles. The van der Waals surface area contributed by atoms with Gasteiger partial charge in [-0.3, -0.25) is 0 Å². The molecule has 0 aromatic heterocycles. The average molecular weight is 456 g/mol. The molecule has 3 aliphatic rings. The highest BCUT2D eigenvalue weighted by Gasteiger charge is 2.21. The van der Waals surface area contributed by atoms with Crippen LogP contribution in [0.2, 0.25) is 0 Å². The van der Waals surface area contributed by atoms with Gasteiger partial charge in [0.15, 0.2) is 13.1 Å². The van der Waals surface area contributed by atoms with Gasteiger partial charge in [0.25, 0.3) is 0 Å². The van der Waals surface area contributed by atoms with Crippen molar-refractivity contribution in [1.29, 1.82) is 0 Å². The molecular weight excluding hydrogens is 426 g/mol. The minimum absolute atomic E-state index is 0.176. The van der Waals surface area contributed by atoms with E-state index in [0.29, 0.717) is 5.56 Å². The molecule has 2 aromatic carbocycles. The van der Waals surface area contributed by atoms with E-state index in [-0.39, 0.29) is 5.56 Å². The minimum atomic E-state index is -1.19. The molecule has 0 bridgehead atoms. The van der Waals surface area contributed by atoms with E-state index < -0.39 is 5.97 Å². The van der Waals surface area contributed by atoms with Crippen LogP contribution < -0.4 is 25.3 Å². The average Bonchev–Trinajstić information content (AvgIpc) is 2.88. The molecule has 1 aliphatic carbocycles. The fraction of sp³-hybridized carbons (Fsp3) is 0.286. The van der Waals surface area contributed by atoms with Crippen LogP contribution in [0.1, 0.15) is 24.2 Å². The molecule has 6 heteroatoms. The lowest BCUT2D eigenvalue weighted by Crippen LogP contribution is -2.45. The number of carboxylic acid groups (broad SMARTS) is 1. The van der Waals surface area contributed by atoms with Crippen LogP contribution in [0.25, 0.3) is 33.4 Å². The summed E-state index contributed by atoms with van der Waals surface area (Å²) in [6.45, 7) is 9.82. The van der Waals surface area contributed by atoms with E-state index in [2.05, 4.69) is 59.0 Å². The maximum absolute atomic E-state index is 12.0. The van der Waals surface area contributed by atoms with E-state index in [9.17, 15) is 9.90 Å². The number of piperazine rings is 1. The standard InChI is InChI=1S/C28H29N3O3/c1-3-30(4-2)19-9-11-23-25(17-19)34-26-18-20(31-15-13-29-14-16-31)10-12-24(26)27(23)21-7-5-6-8-22(21)28(32)33/h5-12,17-18,29H,3-4,13-16H2,1-2H3. The van der Waals surface area contributed by atoms with Crippen molar-refractivity contribution < 1.29 is 14.3 Å². The smallest absolute Gasteiger partial charge is 0.203 e. The van der Waals surface area contributed by atoms with Gasteiger partial charge in [-0.05, 0) is 37.6 Å². The molecule has 2 heterocycles. The highest BCUT2D eigenvalue weighted by atomic mass is 16.4. The number of benzene rings is 3. The molecule has 0 saturated carbocycles. The number of fused-ring (bicyclic) bond motifs is 2. The van der Waals surface area contributed by atoms with Crippen molar-refractivity contribution in [3.8, 4) is 22.5 Å². The number of carbonyl (C=O) groups is 1. The van der Waals surface area contributed by atoms with Gasteiger partial charge in [0.1, 0.15) is 11.3 Å². The third-order valence-electron chi connectivity index (χ3n) is 6.72. The van der Waals surface area contributed by atoms with Crippen molar-refractivity contribution in [3.63, 3.8) is 0 Å². The molecule has 1 saturated heterocycles. The topological polar surface area (TPSA) is 71.6 Å². The fourth-order valence-corrected chi connectivity index (χ4v) is 4.94. The SMILES string of the molecule is CCN(CC)c1ccc2c(-c3ccccc3C(=O)[O-])c3ccc(=[N+]4CCNCC4)cc-3oc2c1. The predicted octanol–water partition coefficient (Wildman–Crippen LogP) is 2.79. The Balaban J connectivity index is 1.84. The van der Waals surface area contributed by atoms with E-state index in [4.69, 9.17) is 4.42 Å². The largest absolute Gasteiger partial charge is 0.545 e. The van der Waals surface area contributed by atoms with Crippen LogP contribution in [0.4, 0.5) is 5.69 Å². The Labute approximate surface area is 199 Å². The Hall–Kier alpha value is -3.64. The second kappa shape index (κ2) is 9.31. The summed E-state index contributed by atoms with van der Waals surface area (Å²) in [6.07, 6.45) is 0. The van der Waals surface area contributed by atoms with E-state index in [1.807, 2.05) is 18.2 Å². The lowest BCUT2D eigenvalue weighted by Gasteiger charge is -2.23. The van der Waals surface area contributed by atoms with Crippen molar-refractivity contribution in [2.75, 3.05) is 44.2 Å². The van der Waals surface area contributed by atoms with Crippen molar-refractivity contribution in [1.82, 2.24) is 9.89 Å². The first-order valence-corrected chi connectivity index (χ1v) is 12.0. The molecular formula is C28H29N3O3. The number of nitrogens with zero attached hydrogens (tertiary/aromatic N) is 2. The minimum Gasteiger partial charge on any atom is -0.545 e. The van der Waals surface area contributed by atoms with Crippen LogP contribution in [0, 0.1) is 0 Å². The molecule has 5 rings (SSSR count). The van der Waals surface area contributed by atoms with Crippen LogP contribution in [0.15, 0.2) is 65.1 Å². The summed E-state index contributed by atoms with van der Waals surface area (Å²) in [6, 6.07) is 19.5. The molecule has 0 spiro atoms. The summed E-state index contributed by atoms with van der Waals surface area (Å²) >= 11 is 0. The van der Waals surface area contributed by atoms with E-state index in [1.54, 1.807) is 12.1 Å². The Kier molecular flexibility index (Phi) is 6.07. The molecule has 2 aromatic rings. The lowest BCUT2D eigenvalue weighted by atomic mass is 9.90. The maximum Gasteiger partial charge on any atom is 0.203 e. The maximum atomic E-state index is 12.0. The number of hydrogen-bond acceptors (Lipinski definition) is 5. The molecule has 0 amide bonds. The Bertz CT molecular complexity index is 1390. The van der Waals surface area contributed by atoms with Crippen molar-refractivity contribution in [2.24, 2.45) is 0 Å². The molecule has 34 heavy (non-hydrogen) atoms. The van der Waals surface area contributed by atoms with Gasteiger partial charge >= 0.3 is 0 Å². The molecule has 1 N–H and O–H groups in total. The second-order valence-corrected chi connectivity index (χ2v) is 8.58. The number of hydrogen-bond donors (Lipinski definition) is 1. The van der Waals surface area contributed by atoms with Gasteiger partial charge in [0, 0.05) is 53.0 Å². The predicted molar refractivity (Wildman–Crippen MR) is 134 cm³/mol. The Morgan fingerprint density at radius 1 is 1.00 bits per heavy atom. The summed E-state index contributed by atoms with van der Waals surface area (Å²) in [7, 11) is 0. The number of rotatable bonds is 5. The van der Waals surface area contributed by atoms with Crippen LogP contribution >= 0.6 is 0 Å². The van der Waals surface area contributed by atoms with Crippen LogP contribution in [-0.2, 0) is 0 Å². The zero-order chi connectivity index (χ0) is 23.7. The monoisotopic (exact) mass is 455 g/mol. The van der Waals surface area contributed by atoms with Crippen molar-refractivity contribution >= 4 is 22.6 Å². The van der Waals surface area contributed by atoms with Gasteiger partial charge in [-0.2, -0.15) is 0 Å². The van der Waals surface area contributed by atoms with Crippen LogP contribution in [0.3, 0.4) is 0 Å². The van der Waals surface area contributed by atoms with E-state index in [0.717, 1.165) is 78.2 Å². The van der Waals surface area contributed by atoms with E-state index >= 15 is 0 Å². The molecule has 0 unspecified atom stereocenters. The van der Waals surface area contributed by atoms with Gasteiger partial charge in [-0.25, -0.2) is 4.58 Å². The molecule has 174 valence electrons. The summed E-state index contributed by atoms with van der Waals surface area (Å²) in [5.74, 6) is -0.446. The van der Waals surface area contributed by atoms with Gasteiger partial charge in [0.2, 0.25) is 5.36 Å². The molecule has 6 nitrogen and oxygen atoms in total. The fourth-order valence-electron chi connectivity index (χ4n) is 4.94. The quantitative estimate of drug-likeness (QED) is 0.370. The second-order valence-electron chi connectivity index (χ2n) is 8.58. The van der Waals surface area contributed by atoms with Gasteiger partial charge in [-0.15, -0.1) is 0 Å². The normalized spacial score (nSPS) is 14.0. The first-order valence-electron chi connectivity index (χ1n) is 12.0. The first-order chi connectivity index (χ1) is 16.6. The third-order valence-corrected chi connectivity index (χ3v) is 6.72. The zero-order valence-electron chi connectivity index (χ0n) is 19.6. The third kappa shape index (κ3) is 3.94. The number of carbonyl (C=O) groups excluding carboxylic acids is 1. The van der Waals surface area contributed by atoms with Crippen LogP contribution in [0.5, 0.6) is 0 Å². The summed E-state index contributed by atoms with van der Waals surface area (Å²) in [5.41, 5.74) is 4.37. The number of carboxylic acids is 1. The van der Waals surface area contributed by atoms with Gasteiger partial charge in [-0.1, -0.05) is 24.3 Å². The highest BCUT2D eigenvalue weighted by Crippen LogP contribution is 2.41. The Morgan fingerprint density at radius 3 is 2.50 bits per heavy atom. The Morgan fingerprint density at radius 2 is 1.76 bits per heavy atom. The highest BCUT2D eigenvalue weighted by molar-refractivity contribution is 6.07. The number of aromatic carboxylic acids is 1. The zero-order valence-corrected chi connectivity index (χ0v) is 19.6. The van der Waals surface area contributed by atoms with Gasteiger partial charge in [0.05, 0.1) is 25.1 Å². The summed E-state index contributed by atoms with van der Waals surface area (Å²) < 4.78 is 8.83. The lowest BCUT2D eigenvalue weighted by molar-refractivity contribution is -0.254. The number of nitrogens with one attached hydrogen (secondary N) is 1. The summed E-state index contributed by atoms with van der Waals surface area (Å²) in [5, 5.41) is 17.4. The van der Waals surface area contributed by atoms with E-state index in [1.165, 1.54) is 0 Å². The number of anilines is 1. The first kappa shape index (κ1) is 22.2. The molecule has 1 fully saturated rings. The van der Waals surface area contributed by atoms with Gasteiger partial charge < -0.3 is 24.5 Å².